The van der Waals surface area contributed by atoms with Gasteiger partial charge in [0, 0.05) is 11.6 Å². The van der Waals surface area contributed by atoms with Gasteiger partial charge in [-0.2, -0.15) is 5.26 Å². The summed E-state index contributed by atoms with van der Waals surface area (Å²) < 4.78 is 10.1. The van der Waals surface area contributed by atoms with Crippen molar-refractivity contribution in [2.45, 2.75) is 0 Å². The van der Waals surface area contributed by atoms with Crippen LogP contribution < -0.4 is 9.47 Å². The molecule has 0 aliphatic carbocycles. The van der Waals surface area contributed by atoms with E-state index >= 15 is 0 Å². The van der Waals surface area contributed by atoms with E-state index in [0.717, 1.165) is 18.5 Å². The number of ether oxygens (including phenoxy) is 2. The van der Waals surface area contributed by atoms with E-state index in [4.69, 9.17) is 26.2 Å². The van der Waals surface area contributed by atoms with Crippen molar-refractivity contribution < 1.29 is 24.3 Å². The standard InChI is InChI=1S/C16H11ClN4O6/c1-26-13-4-8(3-12(21(24)25)15(13)27-2)14(17)9(5-18)10-6-20-11(7-19-10)16(22)23/h3-4,6-7H,1-2H3,(H,22,23). The van der Waals surface area contributed by atoms with Crippen LogP contribution in [0, 0.1) is 21.4 Å². The lowest BCUT2D eigenvalue weighted by Gasteiger charge is -2.11. The zero-order valence-corrected chi connectivity index (χ0v) is 14.7. The minimum Gasteiger partial charge on any atom is -0.493 e. The molecule has 0 atom stereocenters. The van der Waals surface area contributed by atoms with E-state index in [0.29, 0.717) is 0 Å². The molecule has 1 aromatic carbocycles. The summed E-state index contributed by atoms with van der Waals surface area (Å²) in [6.07, 6.45) is 2.04. The smallest absolute Gasteiger partial charge is 0.356 e. The summed E-state index contributed by atoms with van der Waals surface area (Å²) in [5, 5.41) is 29.4. The predicted octanol–water partition coefficient (Wildman–Crippen LogP) is 2.73. The number of carbonyl (C=O) groups is 1. The molecule has 0 unspecified atom stereocenters. The molecule has 10 nitrogen and oxygen atoms in total. The maximum atomic E-state index is 11.3. The summed E-state index contributed by atoms with van der Waals surface area (Å²) in [4.78, 5) is 29.0. The first kappa shape index (κ1) is 19.6. The number of benzene rings is 1. The monoisotopic (exact) mass is 390 g/mol. The largest absolute Gasteiger partial charge is 0.493 e. The minimum atomic E-state index is -1.28. The summed E-state index contributed by atoms with van der Waals surface area (Å²) >= 11 is 6.26. The van der Waals surface area contributed by atoms with Crippen LogP contribution in [0.2, 0.25) is 0 Å². The van der Waals surface area contributed by atoms with E-state index in [1.165, 1.54) is 20.3 Å². The first-order valence-corrected chi connectivity index (χ1v) is 7.48. The first-order chi connectivity index (χ1) is 12.8. The summed E-state index contributed by atoms with van der Waals surface area (Å²) in [5.74, 6) is -1.33. The Labute approximate surface area is 157 Å². The zero-order valence-electron chi connectivity index (χ0n) is 14.0. The number of nitrogens with zero attached hydrogens (tertiary/aromatic N) is 4. The van der Waals surface area contributed by atoms with Crippen LogP contribution in [0.4, 0.5) is 5.69 Å². The lowest BCUT2D eigenvalue weighted by Crippen LogP contribution is -2.02. The minimum absolute atomic E-state index is 0.00457. The van der Waals surface area contributed by atoms with Crippen molar-refractivity contribution in [2.24, 2.45) is 0 Å². The molecule has 0 saturated heterocycles. The van der Waals surface area contributed by atoms with E-state index in [-0.39, 0.29) is 39.1 Å². The SMILES string of the molecule is COc1cc(C(Cl)=C(C#N)c2cnc(C(=O)O)cn2)cc([N+](=O)[O-])c1OC. The normalized spacial score (nSPS) is 11.2. The van der Waals surface area contributed by atoms with Gasteiger partial charge in [-0.25, -0.2) is 9.78 Å². The highest BCUT2D eigenvalue weighted by Crippen LogP contribution is 2.41. The molecule has 1 heterocycles. The number of carboxylic acid groups (broad SMARTS) is 1. The highest BCUT2D eigenvalue weighted by atomic mass is 35.5. The Bertz CT molecular complexity index is 982. The lowest BCUT2D eigenvalue weighted by atomic mass is 10.1. The number of nitro groups is 1. The van der Waals surface area contributed by atoms with Gasteiger partial charge in [0.1, 0.15) is 11.8 Å². The van der Waals surface area contributed by atoms with Crippen LogP contribution in [0.5, 0.6) is 11.5 Å². The number of allylic oxidation sites excluding steroid dienone is 1. The predicted molar refractivity (Wildman–Crippen MR) is 93.5 cm³/mol. The van der Waals surface area contributed by atoms with Crippen molar-refractivity contribution in [1.29, 1.82) is 5.26 Å². The van der Waals surface area contributed by atoms with E-state index < -0.39 is 16.6 Å². The first-order valence-electron chi connectivity index (χ1n) is 7.10. The Morgan fingerprint density at radius 1 is 1.26 bits per heavy atom. The maximum absolute atomic E-state index is 11.3. The third-order valence-corrected chi connectivity index (χ3v) is 3.78. The number of aromatic nitrogens is 2. The molecule has 1 N–H and O–H groups in total. The van der Waals surface area contributed by atoms with Gasteiger partial charge in [0.15, 0.2) is 11.4 Å². The third kappa shape index (κ3) is 3.94. The van der Waals surface area contributed by atoms with E-state index in [9.17, 15) is 20.2 Å². The third-order valence-electron chi connectivity index (χ3n) is 3.37. The van der Waals surface area contributed by atoms with Gasteiger partial charge in [-0.05, 0) is 6.07 Å². The number of nitro benzene ring substituents is 1. The molecule has 0 aliphatic heterocycles. The van der Waals surface area contributed by atoms with Crippen molar-refractivity contribution in [3.63, 3.8) is 0 Å². The fraction of sp³-hybridized carbons (Fsp3) is 0.125. The Kier molecular flexibility index (Phi) is 5.89. The summed E-state index contributed by atoms with van der Waals surface area (Å²) in [5.41, 5.74) is -0.752. The lowest BCUT2D eigenvalue weighted by molar-refractivity contribution is -0.385. The van der Waals surface area contributed by atoms with Crippen LogP contribution in [0.25, 0.3) is 10.6 Å². The number of hydrogen-bond acceptors (Lipinski definition) is 8. The molecular formula is C16H11ClN4O6. The van der Waals surface area contributed by atoms with Gasteiger partial charge in [0.2, 0.25) is 5.75 Å². The van der Waals surface area contributed by atoms with Crippen molar-refractivity contribution in [3.05, 3.63) is 51.6 Å². The molecular weight excluding hydrogens is 380 g/mol. The van der Waals surface area contributed by atoms with Crippen molar-refractivity contribution in [1.82, 2.24) is 9.97 Å². The average molecular weight is 391 g/mol. The van der Waals surface area contributed by atoms with Crippen LogP contribution in [-0.4, -0.2) is 40.2 Å². The van der Waals surface area contributed by atoms with Gasteiger partial charge in [0.25, 0.3) is 0 Å². The van der Waals surface area contributed by atoms with Crippen LogP contribution in [-0.2, 0) is 0 Å². The molecule has 0 fully saturated rings. The van der Waals surface area contributed by atoms with Gasteiger partial charge in [-0.1, -0.05) is 11.6 Å². The molecule has 1 aromatic heterocycles. The summed E-state index contributed by atoms with van der Waals surface area (Å²) in [6, 6.07) is 4.33. The molecule has 11 heteroatoms. The Balaban J connectivity index is 2.66. The summed E-state index contributed by atoms with van der Waals surface area (Å²) in [7, 11) is 2.55. The molecule has 0 radical (unpaired) electrons. The molecule has 0 bridgehead atoms. The fourth-order valence-electron chi connectivity index (χ4n) is 2.14. The van der Waals surface area contributed by atoms with Gasteiger partial charge in [-0.3, -0.25) is 15.1 Å². The van der Waals surface area contributed by atoms with E-state index in [1.807, 2.05) is 6.07 Å². The van der Waals surface area contributed by atoms with Gasteiger partial charge < -0.3 is 14.6 Å². The number of halogens is 1. The quantitative estimate of drug-likeness (QED) is 0.446. The fourth-order valence-corrected chi connectivity index (χ4v) is 2.39. The molecule has 0 aliphatic rings. The molecule has 27 heavy (non-hydrogen) atoms. The second kappa shape index (κ2) is 8.11. The highest BCUT2D eigenvalue weighted by molar-refractivity contribution is 6.53. The number of carboxylic acids is 1. The second-order valence-corrected chi connectivity index (χ2v) is 5.26. The van der Waals surface area contributed by atoms with E-state index in [1.54, 1.807) is 0 Å². The van der Waals surface area contributed by atoms with Crippen LogP contribution in [0.1, 0.15) is 21.7 Å². The number of hydrogen-bond donors (Lipinski definition) is 1. The second-order valence-electron chi connectivity index (χ2n) is 4.88. The Morgan fingerprint density at radius 2 is 1.89 bits per heavy atom. The van der Waals surface area contributed by atoms with E-state index in [2.05, 4.69) is 9.97 Å². The Hall–Kier alpha value is -3.71. The highest BCUT2D eigenvalue weighted by Gasteiger charge is 2.24. The maximum Gasteiger partial charge on any atom is 0.356 e. The van der Waals surface area contributed by atoms with Gasteiger partial charge in [0.05, 0.1) is 42.1 Å². The molecule has 138 valence electrons. The van der Waals surface area contributed by atoms with Crippen LogP contribution >= 0.6 is 11.6 Å². The Morgan fingerprint density at radius 3 is 2.33 bits per heavy atom. The topological polar surface area (TPSA) is 148 Å². The molecule has 2 aromatic rings. The summed E-state index contributed by atoms with van der Waals surface area (Å²) in [6.45, 7) is 0. The number of nitriles is 1. The zero-order chi connectivity index (χ0) is 20.1. The molecule has 0 spiro atoms. The molecule has 0 saturated carbocycles. The average Bonchev–Trinajstić information content (AvgIpc) is 2.67. The van der Waals surface area contributed by atoms with Crippen molar-refractivity contribution >= 4 is 33.9 Å². The number of rotatable bonds is 6. The molecule has 2 rings (SSSR count). The van der Waals surface area contributed by atoms with Crippen molar-refractivity contribution in [3.8, 4) is 17.6 Å². The van der Waals surface area contributed by atoms with Crippen LogP contribution in [0.15, 0.2) is 24.5 Å². The van der Waals surface area contributed by atoms with Gasteiger partial charge in [-0.15, -0.1) is 0 Å². The molecule has 0 amide bonds. The number of methoxy groups -OCH3 is 2. The van der Waals surface area contributed by atoms with Gasteiger partial charge >= 0.3 is 11.7 Å². The number of aromatic carboxylic acids is 1. The van der Waals surface area contributed by atoms with Crippen LogP contribution in [0.3, 0.4) is 0 Å². The van der Waals surface area contributed by atoms with Crippen molar-refractivity contribution in [2.75, 3.05) is 14.2 Å².